The Morgan fingerprint density at radius 1 is 1.08 bits per heavy atom. The van der Waals surface area contributed by atoms with Gasteiger partial charge in [0.15, 0.2) is 5.65 Å². The normalized spacial score (nSPS) is 11.0. The molecule has 4 heterocycles. The second kappa shape index (κ2) is 6.04. The molecule has 4 rings (SSSR count). The minimum atomic E-state index is -0.184. The molecule has 0 saturated carbocycles. The van der Waals surface area contributed by atoms with Gasteiger partial charge in [0.05, 0.1) is 31.8 Å². The first-order chi connectivity index (χ1) is 11.8. The van der Waals surface area contributed by atoms with Crippen molar-refractivity contribution >= 4 is 11.6 Å². The van der Waals surface area contributed by atoms with Gasteiger partial charge in [0.2, 0.25) is 0 Å². The van der Waals surface area contributed by atoms with E-state index in [1.165, 1.54) is 6.20 Å². The van der Waals surface area contributed by atoms with Gasteiger partial charge in [-0.25, -0.2) is 9.50 Å². The van der Waals surface area contributed by atoms with Crippen LogP contribution in [0.3, 0.4) is 0 Å². The Labute approximate surface area is 137 Å². The number of rotatable bonds is 5. The van der Waals surface area contributed by atoms with E-state index in [1.807, 2.05) is 12.1 Å². The lowest BCUT2D eigenvalue weighted by Crippen LogP contribution is -2.29. The number of nitrogens with zero attached hydrogens (tertiary/aromatic N) is 4. The lowest BCUT2D eigenvalue weighted by Gasteiger charge is -2.20. The van der Waals surface area contributed by atoms with Gasteiger partial charge in [0.1, 0.15) is 17.1 Å². The third-order valence-electron chi connectivity index (χ3n) is 3.65. The van der Waals surface area contributed by atoms with Gasteiger partial charge in [0.25, 0.3) is 5.91 Å². The van der Waals surface area contributed by atoms with Crippen LogP contribution < -0.4 is 0 Å². The zero-order valence-corrected chi connectivity index (χ0v) is 12.7. The quantitative estimate of drug-likeness (QED) is 0.564. The monoisotopic (exact) mass is 322 g/mol. The average molecular weight is 322 g/mol. The molecule has 0 radical (unpaired) electrons. The first-order valence-electron chi connectivity index (χ1n) is 7.43. The molecule has 120 valence electrons. The van der Waals surface area contributed by atoms with Gasteiger partial charge >= 0.3 is 0 Å². The molecule has 0 bridgehead atoms. The molecule has 1 amide bonds. The fraction of sp³-hybridized carbons (Fsp3) is 0.118. The van der Waals surface area contributed by atoms with Crippen LogP contribution in [-0.2, 0) is 13.1 Å². The highest BCUT2D eigenvalue weighted by Gasteiger charge is 2.22. The molecule has 0 atom stereocenters. The van der Waals surface area contributed by atoms with Crippen LogP contribution in [0.4, 0.5) is 0 Å². The Hall–Kier alpha value is -3.35. The Morgan fingerprint density at radius 3 is 2.42 bits per heavy atom. The van der Waals surface area contributed by atoms with Gasteiger partial charge in [-0.15, -0.1) is 0 Å². The summed E-state index contributed by atoms with van der Waals surface area (Å²) in [6.45, 7) is 0.660. The molecule has 7 heteroatoms. The largest absolute Gasteiger partial charge is 0.467 e. The van der Waals surface area contributed by atoms with Crippen LogP contribution >= 0.6 is 0 Å². The van der Waals surface area contributed by atoms with Crippen molar-refractivity contribution in [1.29, 1.82) is 0 Å². The van der Waals surface area contributed by atoms with Crippen LogP contribution in [0.15, 0.2) is 70.3 Å². The van der Waals surface area contributed by atoms with Crippen molar-refractivity contribution in [2.24, 2.45) is 0 Å². The Bertz CT molecular complexity index is 905. The number of carbonyl (C=O) groups is 1. The molecule has 0 aliphatic heterocycles. The van der Waals surface area contributed by atoms with Crippen molar-refractivity contribution in [3.05, 3.63) is 78.5 Å². The minimum Gasteiger partial charge on any atom is -0.467 e. The molecule has 7 nitrogen and oxygen atoms in total. The molecule has 0 spiro atoms. The predicted molar refractivity (Wildman–Crippen MR) is 84.0 cm³/mol. The molecule has 0 unspecified atom stereocenters. The van der Waals surface area contributed by atoms with Crippen molar-refractivity contribution in [1.82, 2.24) is 19.5 Å². The van der Waals surface area contributed by atoms with Crippen LogP contribution in [0.1, 0.15) is 21.9 Å². The molecule has 4 aromatic heterocycles. The highest BCUT2D eigenvalue weighted by Crippen LogP contribution is 2.17. The van der Waals surface area contributed by atoms with Gasteiger partial charge in [-0.3, -0.25) is 4.79 Å². The van der Waals surface area contributed by atoms with Gasteiger partial charge < -0.3 is 13.7 Å². The summed E-state index contributed by atoms with van der Waals surface area (Å²) in [6.07, 6.45) is 8.09. The summed E-state index contributed by atoms with van der Waals surface area (Å²) in [5.41, 5.74) is 0.958. The molecule has 0 aromatic carbocycles. The number of amides is 1. The number of hydrogen-bond acceptors (Lipinski definition) is 5. The molecule has 0 fully saturated rings. The fourth-order valence-corrected chi connectivity index (χ4v) is 2.53. The molecule has 0 aliphatic carbocycles. The zero-order chi connectivity index (χ0) is 16.4. The van der Waals surface area contributed by atoms with Crippen molar-refractivity contribution in [3.63, 3.8) is 0 Å². The maximum Gasteiger partial charge on any atom is 0.260 e. The van der Waals surface area contributed by atoms with Crippen LogP contribution in [0, 0.1) is 0 Å². The summed E-state index contributed by atoms with van der Waals surface area (Å²) in [5.74, 6) is 1.20. The number of fused-ring (bicyclic) bond motifs is 1. The summed E-state index contributed by atoms with van der Waals surface area (Å²) in [5, 5.41) is 4.18. The van der Waals surface area contributed by atoms with E-state index < -0.39 is 0 Å². The molecular formula is C17H14N4O3. The third kappa shape index (κ3) is 2.67. The van der Waals surface area contributed by atoms with E-state index in [9.17, 15) is 4.79 Å². The van der Waals surface area contributed by atoms with Crippen molar-refractivity contribution in [2.45, 2.75) is 13.1 Å². The van der Waals surface area contributed by atoms with Gasteiger partial charge in [0, 0.05) is 12.4 Å². The van der Waals surface area contributed by atoms with Crippen LogP contribution in [0.25, 0.3) is 5.65 Å². The SMILES string of the molecule is O=C(c1cnn2cccnc12)N(Cc1ccco1)Cc1ccco1. The zero-order valence-electron chi connectivity index (χ0n) is 12.7. The maximum atomic E-state index is 13.0. The summed E-state index contributed by atoms with van der Waals surface area (Å²) in [4.78, 5) is 18.9. The smallest absolute Gasteiger partial charge is 0.260 e. The minimum absolute atomic E-state index is 0.184. The van der Waals surface area contributed by atoms with E-state index in [2.05, 4.69) is 10.1 Å². The predicted octanol–water partition coefficient (Wildman–Crippen LogP) is 2.76. The van der Waals surface area contributed by atoms with E-state index in [0.717, 1.165) is 0 Å². The first kappa shape index (κ1) is 14.3. The van der Waals surface area contributed by atoms with Gasteiger partial charge in [-0.2, -0.15) is 5.10 Å². The summed E-state index contributed by atoms with van der Waals surface area (Å²) in [6, 6.07) is 9.01. The topological polar surface area (TPSA) is 76.8 Å². The lowest BCUT2D eigenvalue weighted by molar-refractivity contribution is 0.0706. The number of carbonyl (C=O) groups excluding carboxylic acids is 1. The Balaban J connectivity index is 1.67. The fourth-order valence-electron chi connectivity index (χ4n) is 2.53. The second-order valence-corrected chi connectivity index (χ2v) is 5.27. The average Bonchev–Trinajstić information content (AvgIpc) is 3.35. The van der Waals surface area contributed by atoms with E-state index in [-0.39, 0.29) is 5.91 Å². The second-order valence-electron chi connectivity index (χ2n) is 5.27. The molecule has 4 aromatic rings. The first-order valence-corrected chi connectivity index (χ1v) is 7.43. The van der Waals surface area contributed by atoms with E-state index in [4.69, 9.17) is 8.83 Å². The molecule has 0 N–H and O–H groups in total. The molecular weight excluding hydrogens is 308 g/mol. The van der Waals surface area contributed by atoms with E-state index in [0.29, 0.717) is 35.8 Å². The van der Waals surface area contributed by atoms with E-state index >= 15 is 0 Å². The molecule has 0 aliphatic rings. The summed E-state index contributed by atoms with van der Waals surface area (Å²) < 4.78 is 12.3. The summed E-state index contributed by atoms with van der Waals surface area (Å²) in [7, 11) is 0. The highest BCUT2D eigenvalue weighted by atomic mass is 16.3. The van der Waals surface area contributed by atoms with E-state index in [1.54, 1.807) is 52.5 Å². The Morgan fingerprint density at radius 2 is 1.79 bits per heavy atom. The number of furan rings is 2. The number of hydrogen-bond donors (Lipinski definition) is 0. The van der Waals surface area contributed by atoms with Crippen molar-refractivity contribution in [2.75, 3.05) is 0 Å². The van der Waals surface area contributed by atoms with Crippen molar-refractivity contribution < 1.29 is 13.6 Å². The van der Waals surface area contributed by atoms with Crippen LogP contribution in [0.5, 0.6) is 0 Å². The molecule has 0 saturated heterocycles. The maximum absolute atomic E-state index is 13.0. The van der Waals surface area contributed by atoms with Gasteiger partial charge in [-0.05, 0) is 30.3 Å². The lowest BCUT2D eigenvalue weighted by atomic mass is 10.2. The summed E-state index contributed by atoms with van der Waals surface area (Å²) >= 11 is 0. The standard InChI is InChI=1S/C17H14N4O3/c22-17(15-10-19-21-7-3-6-18-16(15)21)20(11-13-4-1-8-23-13)12-14-5-2-9-24-14/h1-10H,11-12H2. The number of aromatic nitrogens is 3. The van der Waals surface area contributed by atoms with Crippen LogP contribution in [0.2, 0.25) is 0 Å². The third-order valence-corrected chi connectivity index (χ3v) is 3.65. The van der Waals surface area contributed by atoms with Crippen LogP contribution in [-0.4, -0.2) is 25.4 Å². The molecule has 24 heavy (non-hydrogen) atoms. The Kier molecular flexibility index (Phi) is 3.59. The highest BCUT2D eigenvalue weighted by molar-refractivity contribution is 5.99. The van der Waals surface area contributed by atoms with Crippen molar-refractivity contribution in [3.8, 4) is 0 Å². The van der Waals surface area contributed by atoms with Gasteiger partial charge in [-0.1, -0.05) is 0 Å².